The summed E-state index contributed by atoms with van der Waals surface area (Å²) in [6.07, 6.45) is 1.97. The molecule has 1 atom stereocenters. The van der Waals surface area contributed by atoms with Gasteiger partial charge >= 0.3 is 0 Å². The van der Waals surface area contributed by atoms with Crippen LogP contribution in [0.15, 0.2) is 28.9 Å². The number of aromatic nitrogens is 1. The molecule has 0 amide bonds. The Morgan fingerprint density at radius 1 is 1.50 bits per heavy atom. The van der Waals surface area contributed by atoms with Crippen molar-refractivity contribution in [1.29, 1.82) is 0 Å². The molecule has 74 valence electrons. The third-order valence-corrected chi connectivity index (χ3v) is 2.97. The number of fused-ring (bicyclic) bond motifs is 1. The zero-order chi connectivity index (χ0) is 10.1. The van der Waals surface area contributed by atoms with Crippen molar-refractivity contribution in [2.45, 2.75) is 12.8 Å². The molecule has 1 heterocycles. The minimum Gasteiger partial charge on any atom is -0.396 e. The number of aromatic amines is 1. The van der Waals surface area contributed by atoms with E-state index in [4.69, 9.17) is 5.11 Å². The average molecular weight is 254 g/mol. The van der Waals surface area contributed by atoms with Crippen LogP contribution in [0.5, 0.6) is 0 Å². The number of hydrogen-bond acceptors (Lipinski definition) is 1. The highest BCUT2D eigenvalue weighted by molar-refractivity contribution is 9.10. The van der Waals surface area contributed by atoms with E-state index in [1.165, 1.54) is 10.9 Å². The van der Waals surface area contributed by atoms with E-state index in [0.717, 1.165) is 9.99 Å². The maximum atomic E-state index is 9.11. The highest BCUT2D eigenvalue weighted by Crippen LogP contribution is 2.27. The lowest BCUT2D eigenvalue weighted by atomic mass is 10.0. The molecule has 0 radical (unpaired) electrons. The normalized spacial score (nSPS) is 13.4. The topological polar surface area (TPSA) is 36.0 Å². The molecule has 0 bridgehead atoms. The van der Waals surface area contributed by atoms with Crippen molar-refractivity contribution in [3.63, 3.8) is 0 Å². The van der Waals surface area contributed by atoms with E-state index in [2.05, 4.69) is 27.0 Å². The van der Waals surface area contributed by atoms with Gasteiger partial charge in [0.1, 0.15) is 0 Å². The first-order valence-electron chi connectivity index (χ1n) is 4.59. The Morgan fingerprint density at radius 2 is 2.29 bits per heavy atom. The van der Waals surface area contributed by atoms with E-state index in [-0.39, 0.29) is 12.5 Å². The van der Waals surface area contributed by atoms with Gasteiger partial charge in [-0.15, -0.1) is 0 Å². The molecular weight excluding hydrogens is 242 g/mol. The Balaban J connectivity index is 2.61. The SMILES string of the molecule is CC(CO)c1c[nH]c2ccc(Br)cc12. The Hall–Kier alpha value is -0.800. The van der Waals surface area contributed by atoms with Crippen molar-refractivity contribution >= 4 is 26.8 Å². The number of nitrogens with one attached hydrogen (secondary N) is 1. The van der Waals surface area contributed by atoms with Crippen LogP contribution in [0.3, 0.4) is 0 Å². The van der Waals surface area contributed by atoms with Crippen LogP contribution < -0.4 is 0 Å². The van der Waals surface area contributed by atoms with E-state index in [1.54, 1.807) is 0 Å². The molecule has 0 aliphatic heterocycles. The van der Waals surface area contributed by atoms with Gasteiger partial charge in [0.05, 0.1) is 0 Å². The maximum absolute atomic E-state index is 9.11. The number of H-pyrrole nitrogens is 1. The lowest BCUT2D eigenvalue weighted by molar-refractivity contribution is 0.273. The fourth-order valence-corrected chi connectivity index (χ4v) is 1.98. The Kier molecular flexibility index (Phi) is 2.61. The Labute approximate surface area is 91.1 Å². The van der Waals surface area contributed by atoms with E-state index >= 15 is 0 Å². The van der Waals surface area contributed by atoms with Crippen LogP contribution in [-0.4, -0.2) is 16.7 Å². The van der Waals surface area contributed by atoms with E-state index in [0.29, 0.717) is 0 Å². The quantitative estimate of drug-likeness (QED) is 0.849. The number of aliphatic hydroxyl groups is 1. The molecule has 0 fully saturated rings. The number of rotatable bonds is 2. The average Bonchev–Trinajstić information content (AvgIpc) is 2.59. The summed E-state index contributed by atoms with van der Waals surface area (Å²) < 4.78 is 1.07. The van der Waals surface area contributed by atoms with Crippen LogP contribution in [-0.2, 0) is 0 Å². The first-order chi connectivity index (χ1) is 6.72. The molecule has 0 aliphatic carbocycles. The van der Waals surface area contributed by atoms with Crippen molar-refractivity contribution < 1.29 is 5.11 Å². The number of hydrogen-bond donors (Lipinski definition) is 2. The standard InChI is InChI=1S/C11H12BrNO/c1-7(6-14)10-5-13-11-3-2-8(12)4-9(10)11/h2-5,7,13-14H,6H2,1H3. The van der Waals surface area contributed by atoms with E-state index in [1.807, 2.05) is 25.3 Å². The van der Waals surface area contributed by atoms with Crippen LogP contribution in [0, 0.1) is 0 Å². The fourth-order valence-electron chi connectivity index (χ4n) is 1.62. The van der Waals surface area contributed by atoms with Crippen LogP contribution in [0.2, 0.25) is 0 Å². The summed E-state index contributed by atoms with van der Waals surface area (Å²) in [5, 5.41) is 10.3. The first-order valence-corrected chi connectivity index (χ1v) is 5.39. The largest absolute Gasteiger partial charge is 0.396 e. The summed E-state index contributed by atoms with van der Waals surface area (Å²) in [7, 11) is 0. The van der Waals surface area contributed by atoms with Crippen LogP contribution in [0.4, 0.5) is 0 Å². The Bertz CT molecular complexity index is 449. The van der Waals surface area contributed by atoms with Crippen molar-refractivity contribution in [1.82, 2.24) is 4.98 Å². The van der Waals surface area contributed by atoms with Gasteiger partial charge in [-0.05, 0) is 23.8 Å². The number of halogens is 1. The van der Waals surface area contributed by atoms with Gasteiger partial charge in [-0.3, -0.25) is 0 Å². The second-order valence-corrected chi connectivity index (χ2v) is 4.43. The number of aliphatic hydroxyl groups excluding tert-OH is 1. The summed E-state index contributed by atoms with van der Waals surface area (Å²) in [6, 6.07) is 6.12. The predicted octanol–water partition coefficient (Wildman–Crippen LogP) is 3.03. The summed E-state index contributed by atoms with van der Waals surface area (Å²) in [5.74, 6) is 0.179. The zero-order valence-electron chi connectivity index (χ0n) is 7.92. The van der Waals surface area contributed by atoms with Crippen molar-refractivity contribution in [2.24, 2.45) is 0 Å². The molecule has 2 rings (SSSR count). The molecule has 2 nitrogen and oxygen atoms in total. The van der Waals surface area contributed by atoms with Gasteiger partial charge in [0.15, 0.2) is 0 Å². The minimum absolute atomic E-state index is 0.179. The molecule has 0 aliphatic rings. The van der Waals surface area contributed by atoms with Crippen molar-refractivity contribution in [3.8, 4) is 0 Å². The van der Waals surface area contributed by atoms with Gasteiger partial charge in [0.25, 0.3) is 0 Å². The van der Waals surface area contributed by atoms with Crippen LogP contribution in [0.25, 0.3) is 10.9 Å². The molecule has 0 spiro atoms. The molecule has 3 heteroatoms. The van der Waals surface area contributed by atoms with Gasteiger partial charge in [0.2, 0.25) is 0 Å². The molecule has 1 aromatic heterocycles. The third-order valence-electron chi connectivity index (χ3n) is 2.48. The fraction of sp³-hybridized carbons (Fsp3) is 0.273. The molecule has 2 aromatic rings. The lowest BCUT2D eigenvalue weighted by Crippen LogP contribution is -1.97. The van der Waals surface area contributed by atoms with E-state index in [9.17, 15) is 0 Å². The molecule has 1 aromatic carbocycles. The van der Waals surface area contributed by atoms with Crippen LogP contribution in [0.1, 0.15) is 18.4 Å². The van der Waals surface area contributed by atoms with Crippen molar-refractivity contribution in [2.75, 3.05) is 6.61 Å². The highest BCUT2D eigenvalue weighted by atomic mass is 79.9. The summed E-state index contributed by atoms with van der Waals surface area (Å²) in [6.45, 7) is 2.20. The summed E-state index contributed by atoms with van der Waals surface area (Å²) in [5.41, 5.74) is 2.28. The molecule has 14 heavy (non-hydrogen) atoms. The smallest absolute Gasteiger partial charge is 0.0497 e. The van der Waals surface area contributed by atoms with Crippen molar-refractivity contribution in [3.05, 3.63) is 34.4 Å². The summed E-state index contributed by atoms with van der Waals surface area (Å²) in [4.78, 5) is 3.20. The monoisotopic (exact) mass is 253 g/mol. The molecule has 0 saturated heterocycles. The van der Waals surface area contributed by atoms with Gasteiger partial charge in [-0.25, -0.2) is 0 Å². The predicted molar refractivity (Wildman–Crippen MR) is 61.5 cm³/mol. The number of benzene rings is 1. The zero-order valence-corrected chi connectivity index (χ0v) is 9.51. The van der Waals surface area contributed by atoms with Gasteiger partial charge in [0, 0.05) is 34.1 Å². The lowest BCUT2D eigenvalue weighted by Gasteiger charge is -2.05. The van der Waals surface area contributed by atoms with Crippen LogP contribution >= 0.6 is 15.9 Å². The summed E-state index contributed by atoms with van der Waals surface area (Å²) >= 11 is 3.45. The highest BCUT2D eigenvalue weighted by Gasteiger charge is 2.10. The molecule has 2 N–H and O–H groups in total. The van der Waals surface area contributed by atoms with Gasteiger partial charge < -0.3 is 10.1 Å². The van der Waals surface area contributed by atoms with Gasteiger partial charge in [-0.1, -0.05) is 22.9 Å². The minimum atomic E-state index is 0.179. The first kappa shape index (κ1) is 9.74. The third kappa shape index (κ3) is 1.57. The molecule has 1 unspecified atom stereocenters. The van der Waals surface area contributed by atoms with E-state index < -0.39 is 0 Å². The molecule has 0 saturated carbocycles. The second-order valence-electron chi connectivity index (χ2n) is 3.52. The van der Waals surface area contributed by atoms with Gasteiger partial charge in [-0.2, -0.15) is 0 Å². The molecular formula is C11H12BrNO. The second kappa shape index (κ2) is 3.75. The Morgan fingerprint density at radius 3 is 3.00 bits per heavy atom. The maximum Gasteiger partial charge on any atom is 0.0497 e.